The Morgan fingerprint density at radius 3 is 2.33 bits per heavy atom. The number of thioether (sulfide) groups is 1. The zero-order chi connectivity index (χ0) is 4.99. The summed E-state index contributed by atoms with van der Waals surface area (Å²) in [6, 6.07) is 0. The molecule has 0 aliphatic rings. The molecule has 6 heavy (non-hydrogen) atoms. The van der Waals surface area contributed by atoms with Gasteiger partial charge in [0.25, 0.3) is 0 Å². The molecule has 0 nitrogen and oxygen atoms in total. The first kappa shape index (κ1) is 6.09. The average molecular weight is 101 g/mol. The molecule has 0 rings (SSSR count). The monoisotopic (exact) mass is 101 g/mol. The van der Waals surface area contributed by atoms with Crippen LogP contribution < -0.4 is 0 Å². The van der Waals surface area contributed by atoms with Gasteiger partial charge in [0, 0.05) is 0 Å². The van der Waals surface area contributed by atoms with Gasteiger partial charge in [0.1, 0.15) is 0 Å². The first-order chi connectivity index (χ1) is 2.81. The van der Waals surface area contributed by atoms with E-state index in [2.05, 4.69) is 6.92 Å². The van der Waals surface area contributed by atoms with E-state index in [9.17, 15) is 0 Å². The topological polar surface area (TPSA) is 0 Å². The van der Waals surface area contributed by atoms with E-state index in [-0.39, 0.29) is 0 Å². The third kappa shape index (κ3) is 2.33. The minimum absolute atomic E-state index is 1.27. The number of allylic oxidation sites excluding steroid dienone is 2. The Morgan fingerprint density at radius 2 is 2.33 bits per heavy atom. The molecule has 0 saturated heterocycles. The van der Waals surface area contributed by atoms with Crippen molar-refractivity contribution in [2.45, 2.75) is 6.92 Å². The lowest BCUT2D eigenvalue weighted by atomic mass is 10.6. The van der Waals surface area contributed by atoms with Crippen molar-refractivity contribution in [3.8, 4) is 0 Å². The predicted molar refractivity (Wildman–Crippen MR) is 32.6 cm³/mol. The van der Waals surface area contributed by atoms with Crippen LogP contribution in [0.4, 0.5) is 0 Å². The predicted octanol–water partition coefficient (Wildman–Crippen LogP) is 2.09. The molecule has 0 fully saturated rings. The molecule has 0 atom stereocenters. The molecule has 1 radical (unpaired) electrons. The van der Waals surface area contributed by atoms with E-state index < -0.39 is 0 Å². The highest BCUT2D eigenvalue weighted by molar-refractivity contribution is 8.02. The van der Waals surface area contributed by atoms with Crippen molar-refractivity contribution in [3.05, 3.63) is 17.9 Å². The van der Waals surface area contributed by atoms with Gasteiger partial charge >= 0.3 is 0 Å². The van der Waals surface area contributed by atoms with Crippen molar-refractivity contribution in [1.29, 1.82) is 0 Å². The SMILES string of the molecule is [CH2]C=C(C)SC. The van der Waals surface area contributed by atoms with Gasteiger partial charge in [-0.3, -0.25) is 0 Å². The highest BCUT2D eigenvalue weighted by Gasteiger charge is 1.73. The molecule has 0 aromatic rings. The summed E-state index contributed by atoms with van der Waals surface area (Å²) in [6.07, 6.45) is 3.89. The lowest BCUT2D eigenvalue weighted by molar-refractivity contribution is 1.68. The lowest BCUT2D eigenvalue weighted by Crippen LogP contribution is -1.56. The van der Waals surface area contributed by atoms with Crippen LogP contribution in [0.25, 0.3) is 0 Å². The van der Waals surface area contributed by atoms with Crippen LogP contribution in [0.2, 0.25) is 0 Å². The van der Waals surface area contributed by atoms with Crippen molar-refractivity contribution < 1.29 is 0 Å². The molecule has 0 N–H and O–H groups in total. The molecule has 0 aromatic heterocycles. The Labute approximate surface area is 43.6 Å². The number of rotatable bonds is 1. The van der Waals surface area contributed by atoms with E-state index in [1.165, 1.54) is 4.91 Å². The molecule has 0 spiro atoms. The minimum Gasteiger partial charge on any atom is -0.135 e. The van der Waals surface area contributed by atoms with Gasteiger partial charge in [0.15, 0.2) is 0 Å². The summed E-state index contributed by atoms with van der Waals surface area (Å²) < 4.78 is 0. The standard InChI is InChI=1S/C5H9S/c1-4-5(2)6-3/h4H,1H2,2-3H3. The number of hydrogen-bond donors (Lipinski definition) is 0. The fourth-order valence-electron chi connectivity index (χ4n) is 0.0833. The summed E-state index contributed by atoms with van der Waals surface area (Å²) in [6.45, 7) is 5.61. The van der Waals surface area contributed by atoms with Crippen molar-refractivity contribution in [3.63, 3.8) is 0 Å². The molecule has 0 aromatic carbocycles. The maximum atomic E-state index is 3.57. The van der Waals surface area contributed by atoms with E-state index in [0.717, 1.165) is 0 Å². The van der Waals surface area contributed by atoms with Gasteiger partial charge in [0.2, 0.25) is 0 Å². The molecule has 0 amide bonds. The van der Waals surface area contributed by atoms with E-state index >= 15 is 0 Å². The summed E-state index contributed by atoms with van der Waals surface area (Å²) in [4.78, 5) is 1.27. The Balaban J connectivity index is 3.22. The second kappa shape index (κ2) is 3.29. The summed E-state index contributed by atoms with van der Waals surface area (Å²) in [7, 11) is 0. The Kier molecular flexibility index (Phi) is 3.34. The Bertz CT molecular complexity index is 55.0. The van der Waals surface area contributed by atoms with E-state index in [4.69, 9.17) is 0 Å². The summed E-state index contributed by atoms with van der Waals surface area (Å²) in [5.74, 6) is 0. The summed E-state index contributed by atoms with van der Waals surface area (Å²) in [5, 5.41) is 0. The molecule has 0 aliphatic heterocycles. The van der Waals surface area contributed by atoms with Crippen molar-refractivity contribution in [1.82, 2.24) is 0 Å². The lowest BCUT2D eigenvalue weighted by Gasteiger charge is -1.84. The molecular formula is C5H9S. The second-order valence-corrected chi connectivity index (χ2v) is 2.07. The van der Waals surface area contributed by atoms with Crippen molar-refractivity contribution in [2.75, 3.05) is 6.26 Å². The maximum Gasteiger partial charge on any atom is -0.0140 e. The van der Waals surface area contributed by atoms with Crippen LogP contribution in [0, 0.1) is 6.92 Å². The average Bonchev–Trinajstić information content (AvgIpc) is 1.65. The first-order valence-electron chi connectivity index (χ1n) is 1.81. The highest BCUT2D eigenvalue weighted by atomic mass is 32.2. The van der Waals surface area contributed by atoms with Gasteiger partial charge in [-0.25, -0.2) is 0 Å². The van der Waals surface area contributed by atoms with E-state index in [0.29, 0.717) is 0 Å². The quantitative estimate of drug-likeness (QED) is 0.487. The molecule has 0 aliphatic carbocycles. The zero-order valence-electron chi connectivity index (χ0n) is 4.19. The van der Waals surface area contributed by atoms with Crippen molar-refractivity contribution >= 4 is 11.8 Å². The van der Waals surface area contributed by atoms with Crippen LogP contribution in [0.3, 0.4) is 0 Å². The molecule has 0 saturated carbocycles. The third-order valence-corrected chi connectivity index (χ3v) is 1.42. The Hall–Kier alpha value is 0.0900. The van der Waals surface area contributed by atoms with Gasteiger partial charge in [0.05, 0.1) is 0 Å². The van der Waals surface area contributed by atoms with Crippen LogP contribution >= 0.6 is 11.8 Å². The van der Waals surface area contributed by atoms with Crippen LogP contribution in [0.1, 0.15) is 6.92 Å². The highest BCUT2D eigenvalue weighted by Crippen LogP contribution is 2.06. The third-order valence-electron chi connectivity index (χ3n) is 0.609. The molecule has 35 valence electrons. The maximum absolute atomic E-state index is 3.57. The van der Waals surface area contributed by atoms with Gasteiger partial charge in [-0.15, -0.1) is 11.8 Å². The number of hydrogen-bond acceptors (Lipinski definition) is 1. The fourth-order valence-corrected chi connectivity index (χ4v) is 0.250. The summed E-state index contributed by atoms with van der Waals surface area (Å²) in [5.41, 5.74) is 0. The molecule has 1 heteroatoms. The molecule has 0 unspecified atom stereocenters. The van der Waals surface area contributed by atoms with E-state index in [1.807, 2.05) is 19.3 Å². The van der Waals surface area contributed by atoms with Gasteiger partial charge in [-0.05, 0) is 25.0 Å². The van der Waals surface area contributed by atoms with Crippen LogP contribution in [0.5, 0.6) is 0 Å². The van der Waals surface area contributed by atoms with Crippen molar-refractivity contribution in [2.24, 2.45) is 0 Å². The van der Waals surface area contributed by atoms with Crippen LogP contribution in [0.15, 0.2) is 11.0 Å². The van der Waals surface area contributed by atoms with E-state index in [1.54, 1.807) is 11.8 Å². The molecule has 0 bridgehead atoms. The first-order valence-corrected chi connectivity index (χ1v) is 3.03. The van der Waals surface area contributed by atoms with Gasteiger partial charge < -0.3 is 0 Å². The van der Waals surface area contributed by atoms with Gasteiger partial charge in [-0.1, -0.05) is 6.08 Å². The smallest absolute Gasteiger partial charge is 0.0140 e. The second-order valence-electron chi connectivity index (χ2n) is 1.02. The molecule has 0 heterocycles. The minimum atomic E-state index is 1.27. The zero-order valence-corrected chi connectivity index (χ0v) is 5.01. The molecular weight excluding hydrogens is 92.1 g/mol. The van der Waals surface area contributed by atoms with Crippen LogP contribution in [-0.4, -0.2) is 6.26 Å². The van der Waals surface area contributed by atoms with Crippen LogP contribution in [-0.2, 0) is 0 Å². The normalized spacial score (nSPS) is 12.2. The van der Waals surface area contributed by atoms with Gasteiger partial charge in [-0.2, -0.15) is 0 Å². The summed E-state index contributed by atoms with van der Waals surface area (Å²) >= 11 is 1.72. The Morgan fingerprint density at radius 1 is 1.83 bits per heavy atom. The largest absolute Gasteiger partial charge is 0.135 e. The fraction of sp³-hybridized carbons (Fsp3) is 0.400.